The van der Waals surface area contributed by atoms with E-state index >= 15 is 0 Å². The lowest BCUT2D eigenvalue weighted by atomic mass is 10.1. The molecular weight excluding hydrogens is 502 g/mol. The van der Waals surface area contributed by atoms with Gasteiger partial charge in [-0.2, -0.15) is 0 Å². The summed E-state index contributed by atoms with van der Waals surface area (Å²) in [6, 6.07) is 27.4. The summed E-state index contributed by atoms with van der Waals surface area (Å²) in [5, 5.41) is 2.34. The van der Waals surface area contributed by atoms with Gasteiger partial charge in [0.05, 0.1) is 24.3 Å². The van der Waals surface area contributed by atoms with Crippen molar-refractivity contribution in [2.75, 3.05) is 18.6 Å². The Bertz CT molecular complexity index is 1490. The van der Waals surface area contributed by atoms with Gasteiger partial charge in [-0.15, -0.1) is 0 Å². The zero-order valence-corrected chi connectivity index (χ0v) is 22.1. The van der Waals surface area contributed by atoms with E-state index in [9.17, 15) is 4.79 Å². The Hall–Kier alpha value is -3.81. The maximum atomic E-state index is 13.2. The predicted molar refractivity (Wildman–Crippen MR) is 155 cm³/mol. The number of rotatable bonds is 8. The van der Waals surface area contributed by atoms with Gasteiger partial charge >= 0.3 is 0 Å². The van der Waals surface area contributed by atoms with Gasteiger partial charge in [-0.05, 0) is 71.3 Å². The van der Waals surface area contributed by atoms with E-state index < -0.39 is 0 Å². The third-order valence-electron chi connectivity index (χ3n) is 5.95. The number of carbonyl (C=O) groups is 1. The molecule has 0 radical (unpaired) electrons. The van der Waals surface area contributed by atoms with E-state index in [-0.39, 0.29) is 5.91 Å². The first-order chi connectivity index (χ1) is 18.1. The second-order valence-electron chi connectivity index (χ2n) is 8.28. The average molecular weight is 528 g/mol. The molecule has 1 heterocycles. The summed E-state index contributed by atoms with van der Waals surface area (Å²) in [6.07, 6.45) is 1.83. The molecule has 0 atom stereocenters. The summed E-state index contributed by atoms with van der Waals surface area (Å²) in [7, 11) is 1.60. The minimum atomic E-state index is -0.158. The lowest BCUT2D eigenvalue weighted by Crippen LogP contribution is -2.27. The largest absolute Gasteiger partial charge is 0.497 e. The van der Waals surface area contributed by atoms with Crippen LogP contribution in [0.2, 0.25) is 0 Å². The molecule has 1 fully saturated rings. The van der Waals surface area contributed by atoms with Crippen LogP contribution in [-0.2, 0) is 11.4 Å². The number of hydrogen-bond donors (Lipinski definition) is 0. The van der Waals surface area contributed by atoms with Gasteiger partial charge in [-0.1, -0.05) is 72.5 Å². The molecule has 1 amide bonds. The van der Waals surface area contributed by atoms with Crippen molar-refractivity contribution >= 4 is 56.7 Å². The highest BCUT2D eigenvalue weighted by Gasteiger charge is 2.33. The zero-order chi connectivity index (χ0) is 25.8. The van der Waals surface area contributed by atoms with Crippen LogP contribution >= 0.6 is 24.0 Å². The van der Waals surface area contributed by atoms with Gasteiger partial charge in [0.1, 0.15) is 12.4 Å². The Morgan fingerprint density at radius 1 is 0.919 bits per heavy atom. The molecule has 37 heavy (non-hydrogen) atoms. The fourth-order valence-corrected chi connectivity index (χ4v) is 5.45. The first kappa shape index (κ1) is 24.9. The van der Waals surface area contributed by atoms with Crippen LogP contribution < -0.4 is 19.1 Å². The summed E-state index contributed by atoms with van der Waals surface area (Å²) >= 11 is 6.79. The Kier molecular flexibility index (Phi) is 7.44. The fourth-order valence-electron chi connectivity index (χ4n) is 4.15. The van der Waals surface area contributed by atoms with Crippen LogP contribution in [0.3, 0.4) is 0 Å². The Morgan fingerprint density at radius 3 is 2.49 bits per heavy atom. The maximum Gasteiger partial charge on any atom is 0.270 e. The number of benzene rings is 4. The Labute approximate surface area is 225 Å². The van der Waals surface area contributed by atoms with Crippen molar-refractivity contribution in [3.63, 3.8) is 0 Å². The van der Waals surface area contributed by atoms with Crippen molar-refractivity contribution in [3.05, 3.63) is 101 Å². The fraction of sp³-hybridized carbons (Fsp3) is 0.133. The summed E-state index contributed by atoms with van der Waals surface area (Å²) in [6.45, 7) is 2.84. The molecule has 0 aliphatic carbocycles. The van der Waals surface area contributed by atoms with Crippen molar-refractivity contribution in [1.29, 1.82) is 0 Å². The third kappa shape index (κ3) is 5.33. The molecule has 5 rings (SSSR count). The number of thiocarbonyl (C=S) groups is 1. The molecule has 0 N–H and O–H groups in total. The molecule has 0 aromatic heterocycles. The number of thioether (sulfide) groups is 1. The summed E-state index contributed by atoms with van der Waals surface area (Å²) < 4.78 is 17.8. The number of hydrogen-bond acceptors (Lipinski definition) is 6. The summed E-state index contributed by atoms with van der Waals surface area (Å²) in [4.78, 5) is 15.3. The van der Waals surface area contributed by atoms with E-state index in [2.05, 4.69) is 24.3 Å². The maximum absolute atomic E-state index is 13.2. The van der Waals surface area contributed by atoms with E-state index in [1.807, 2.05) is 73.7 Å². The van der Waals surface area contributed by atoms with Crippen LogP contribution in [-0.4, -0.2) is 23.9 Å². The number of ether oxygens (including phenoxy) is 3. The highest BCUT2D eigenvalue weighted by molar-refractivity contribution is 8.27. The number of methoxy groups -OCH3 is 1. The van der Waals surface area contributed by atoms with E-state index in [1.54, 1.807) is 7.11 Å². The number of fused-ring (bicyclic) bond motifs is 1. The van der Waals surface area contributed by atoms with Crippen LogP contribution in [0.25, 0.3) is 16.8 Å². The van der Waals surface area contributed by atoms with Crippen LogP contribution in [0.1, 0.15) is 18.1 Å². The van der Waals surface area contributed by atoms with E-state index in [1.165, 1.54) is 27.4 Å². The van der Waals surface area contributed by atoms with Gasteiger partial charge in [0.2, 0.25) is 0 Å². The van der Waals surface area contributed by atoms with Gasteiger partial charge in [0.15, 0.2) is 15.8 Å². The van der Waals surface area contributed by atoms with E-state index in [0.29, 0.717) is 39.6 Å². The molecule has 186 valence electrons. The topological polar surface area (TPSA) is 48.0 Å². The van der Waals surface area contributed by atoms with E-state index in [0.717, 1.165) is 16.9 Å². The molecule has 7 heteroatoms. The van der Waals surface area contributed by atoms with Crippen molar-refractivity contribution < 1.29 is 19.0 Å². The highest BCUT2D eigenvalue weighted by Crippen LogP contribution is 2.38. The van der Waals surface area contributed by atoms with Gasteiger partial charge in [0, 0.05) is 0 Å². The SMILES string of the molecule is CCOc1cc(/C=C2\SC(=S)N(c3ccc(OC)cc3)C2=O)ccc1OCc1cccc2ccccc12. The molecule has 4 aromatic rings. The minimum absolute atomic E-state index is 0.158. The van der Waals surface area contributed by atoms with Crippen LogP contribution in [0, 0.1) is 0 Å². The number of amides is 1. The monoisotopic (exact) mass is 527 g/mol. The molecular formula is C30H25NO4S2. The molecule has 0 spiro atoms. The molecule has 0 bridgehead atoms. The standard InChI is InChI=1S/C30H25NO4S2/c1-3-34-27-17-20(11-16-26(27)35-19-22-9-6-8-21-7-4-5-10-25(21)22)18-28-29(32)31(30(36)37-28)23-12-14-24(33-2)15-13-23/h4-18H,3,19H2,1-2H3/b28-18-. The Morgan fingerprint density at radius 2 is 1.70 bits per heavy atom. The van der Waals surface area contributed by atoms with Gasteiger partial charge in [-0.3, -0.25) is 9.69 Å². The number of anilines is 1. The zero-order valence-electron chi connectivity index (χ0n) is 20.5. The molecule has 0 saturated carbocycles. The highest BCUT2D eigenvalue weighted by atomic mass is 32.2. The number of nitrogens with zero attached hydrogens (tertiary/aromatic N) is 1. The van der Waals surface area contributed by atoms with Crippen LogP contribution in [0.4, 0.5) is 5.69 Å². The van der Waals surface area contributed by atoms with Crippen molar-refractivity contribution in [2.24, 2.45) is 0 Å². The first-order valence-electron chi connectivity index (χ1n) is 11.9. The summed E-state index contributed by atoms with van der Waals surface area (Å²) in [5.74, 6) is 1.84. The third-order valence-corrected chi connectivity index (χ3v) is 7.25. The first-order valence-corrected chi connectivity index (χ1v) is 13.1. The lowest BCUT2D eigenvalue weighted by Gasteiger charge is -2.15. The molecule has 1 aliphatic heterocycles. The van der Waals surface area contributed by atoms with Gasteiger partial charge in [0.25, 0.3) is 5.91 Å². The molecule has 0 unspecified atom stereocenters. The second-order valence-corrected chi connectivity index (χ2v) is 9.96. The van der Waals surface area contributed by atoms with Crippen LogP contribution in [0.15, 0.2) is 89.8 Å². The van der Waals surface area contributed by atoms with Crippen molar-refractivity contribution in [3.8, 4) is 17.2 Å². The number of carbonyl (C=O) groups excluding carboxylic acids is 1. The second kappa shape index (κ2) is 11.1. The quantitative estimate of drug-likeness (QED) is 0.178. The minimum Gasteiger partial charge on any atom is -0.497 e. The smallest absolute Gasteiger partial charge is 0.270 e. The molecule has 1 aliphatic rings. The Balaban J connectivity index is 1.36. The van der Waals surface area contributed by atoms with E-state index in [4.69, 9.17) is 26.4 Å². The molecule has 5 nitrogen and oxygen atoms in total. The molecule has 4 aromatic carbocycles. The van der Waals surface area contributed by atoms with Gasteiger partial charge in [-0.25, -0.2) is 0 Å². The molecule has 1 saturated heterocycles. The summed E-state index contributed by atoms with van der Waals surface area (Å²) in [5.41, 5.74) is 2.64. The average Bonchev–Trinajstić information content (AvgIpc) is 3.20. The normalized spacial score (nSPS) is 14.4. The van der Waals surface area contributed by atoms with Crippen molar-refractivity contribution in [1.82, 2.24) is 0 Å². The predicted octanol–water partition coefficient (Wildman–Crippen LogP) is 7.23. The van der Waals surface area contributed by atoms with Crippen LogP contribution in [0.5, 0.6) is 17.2 Å². The van der Waals surface area contributed by atoms with Crippen molar-refractivity contribution in [2.45, 2.75) is 13.5 Å². The lowest BCUT2D eigenvalue weighted by molar-refractivity contribution is -0.113. The van der Waals surface area contributed by atoms with Gasteiger partial charge < -0.3 is 14.2 Å².